The fourth-order valence-electron chi connectivity index (χ4n) is 6.77. The third-order valence-electron chi connectivity index (χ3n) is 8.11. The lowest BCUT2D eigenvalue weighted by Gasteiger charge is -2.61. The van der Waals surface area contributed by atoms with Crippen LogP contribution in [0.5, 0.6) is 0 Å². The van der Waals surface area contributed by atoms with Gasteiger partial charge in [-0.25, -0.2) is 8.42 Å². The third-order valence-corrected chi connectivity index (χ3v) is 10.1. The maximum atomic E-state index is 13.9. The molecule has 0 amide bonds. The summed E-state index contributed by atoms with van der Waals surface area (Å²) in [4.78, 5) is 13.3. The average molecular weight is 482 g/mol. The Kier molecular flexibility index (Phi) is 6.08. The van der Waals surface area contributed by atoms with Gasteiger partial charge in [0, 0.05) is 43.7 Å². The Morgan fingerprint density at radius 1 is 1.09 bits per heavy atom. The van der Waals surface area contributed by atoms with Gasteiger partial charge in [0.2, 0.25) is 10.0 Å². The van der Waals surface area contributed by atoms with E-state index in [0.29, 0.717) is 18.4 Å². The van der Waals surface area contributed by atoms with Crippen molar-refractivity contribution in [2.75, 3.05) is 19.6 Å². The molecule has 2 aromatic carbocycles. The van der Waals surface area contributed by atoms with Crippen LogP contribution in [0, 0.1) is 27.4 Å². The van der Waals surface area contributed by atoms with E-state index in [-0.39, 0.29) is 22.0 Å². The Hall–Kier alpha value is -2.55. The van der Waals surface area contributed by atoms with Gasteiger partial charge < -0.3 is 0 Å². The number of hydrogen-bond acceptors (Lipinski definition) is 5. The molecule has 2 aromatic rings. The lowest BCUT2D eigenvalue weighted by atomic mass is 9.56. The summed E-state index contributed by atoms with van der Waals surface area (Å²) in [5.41, 5.74) is 0.654. The number of nitrogens with zero attached hydrogens (tertiary/aromatic N) is 3. The van der Waals surface area contributed by atoms with Gasteiger partial charge in [-0.15, -0.1) is 6.58 Å². The number of nitro groups is 1. The van der Waals surface area contributed by atoms with Crippen molar-refractivity contribution in [1.29, 1.82) is 0 Å². The number of sulfonamides is 1. The fourth-order valence-corrected chi connectivity index (χ4v) is 8.69. The van der Waals surface area contributed by atoms with Crippen molar-refractivity contribution in [3.63, 3.8) is 0 Å². The first-order valence-electron chi connectivity index (χ1n) is 12.0. The van der Waals surface area contributed by atoms with Gasteiger partial charge in [-0.3, -0.25) is 15.0 Å². The van der Waals surface area contributed by atoms with Crippen LogP contribution in [0.3, 0.4) is 0 Å². The summed E-state index contributed by atoms with van der Waals surface area (Å²) < 4.78 is 29.3. The summed E-state index contributed by atoms with van der Waals surface area (Å²) in [6, 6.07) is 16.0. The quantitative estimate of drug-likeness (QED) is 0.331. The van der Waals surface area contributed by atoms with Crippen molar-refractivity contribution >= 4 is 15.7 Å². The first-order valence-corrected chi connectivity index (χ1v) is 13.4. The molecular formula is C26H31N3O4S. The number of fused-ring (bicyclic) bond motifs is 1. The van der Waals surface area contributed by atoms with E-state index in [1.54, 1.807) is 10.4 Å². The van der Waals surface area contributed by atoms with Crippen LogP contribution < -0.4 is 0 Å². The molecule has 180 valence electrons. The van der Waals surface area contributed by atoms with Gasteiger partial charge in [0.1, 0.15) is 0 Å². The molecule has 1 aliphatic carbocycles. The smallest absolute Gasteiger partial charge is 0.289 e. The van der Waals surface area contributed by atoms with Gasteiger partial charge >= 0.3 is 0 Å². The number of nitro benzene ring substituents is 1. The second-order valence-electron chi connectivity index (χ2n) is 10.1. The summed E-state index contributed by atoms with van der Waals surface area (Å²) >= 11 is 0. The summed E-state index contributed by atoms with van der Waals surface area (Å²) in [6.07, 6.45) is 5.24. The number of rotatable bonds is 7. The predicted octanol–water partition coefficient (Wildman–Crippen LogP) is 4.46. The second-order valence-corrected chi connectivity index (χ2v) is 12.0. The zero-order valence-electron chi connectivity index (χ0n) is 19.3. The van der Waals surface area contributed by atoms with Crippen LogP contribution in [0.2, 0.25) is 0 Å². The van der Waals surface area contributed by atoms with E-state index in [1.807, 2.05) is 12.1 Å². The van der Waals surface area contributed by atoms with Gasteiger partial charge in [0.05, 0.1) is 4.92 Å². The first kappa shape index (κ1) is 23.2. The lowest BCUT2D eigenvalue weighted by Crippen LogP contribution is -2.65. The number of piperidine rings is 2. The van der Waals surface area contributed by atoms with E-state index in [1.165, 1.54) is 23.8 Å². The van der Waals surface area contributed by atoms with E-state index < -0.39 is 14.9 Å². The van der Waals surface area contributed by atoms with Crippen LogP contribution in [-0.2, 0) is 16.6 Å². The molecule has 3 aliphatic rings. The number of hydrogen-bond donors (Lipinski definition) is 0. The van der Waals surface area contributed by atoms with Gasteiger partial charge in [0.15, 0.2) is 4.90 Å². The van der Waals surface area contributed by atoms with Crippen LogP contribution in [-0.4, -0.2) is 48.2 Å². The molecule has 0 N–H and O–H groups in total. The molecule has 0 spiro atoms. The van der Waals surface area contributed by atoms with E-state index in [0.717, 1.165) is 45.3 Å². The highest BCUT2D eigenvalue weighted by Gasteiger charge is 2.57. The van der Waals surface area contributed by atoms with Crippen molar-refractivity contribution in [1.82, 2.24) is 9.21 Å². The standard InChI is InChI=1S/C26H31N3O4S/c1-2-14-26-18-27(16-20-8-4-3-5-9-20)17-21-12-13-22(15-23(21)26)28(19-26)34(32,33)25-11-7-6-10-24(25)29(30)31/h2-11,21-23H,1,12-19H2/t21-,22-,23-,26-/m1/s1. The molecule has 4 atom stereocenters. The molecule has 2 aliphatic heterocycles. The molecule has 5 rings (SSSR count). The van der Waals surface area contributed by atoms with Crippen molar-refractivity contribution in [3.8, 4) is 0 Å². The number of para-hydroxylation sites is 1. The number of benzene rings is 2. The Morgan fingerprint density at radius 2 is 1.82 bits per heavy atom. The highest BCUT2D eigenvalue weighted by atomic mass is 32.2. The molecule has 0 unspecified atom stereocenters. The van der Waals surface area contributed by atoms with E-state index in [2.05, 4.69) is 35.7 Å². The zero-order chi connectivity index (χ0) is 23.9. The van der Waals surface area contributed by atoms with E-state index in [4.69, 9.17) is 0 Å². The monoisotopic (exact) mass is 481 g/mol. The molecule has 7 nitrogen and oxygen atoms in total. The van der Waals surface area contributed by atoms with Crippen molar-refractivity contribution < 1.29 is 13.3 Å². The van der Waals surface area contributed by atoms with Crippen molar-refractivity contribution in [2.45, 2.75) is 43.2 Å². The summed E-state index contributed by atoms with van der Waals surface area (Å²) in [7, 11) is -4.02. The summed E-state index contributed by atoms with van der Waals surface area (Å²) in [5, 5.41) is 11.6. The Labute approximate surface area is 201 Å². The Balaban J connectivity index is 1.51. The van der Waals surface area contributed by atoms with Crippen LogP contribution in [0.25, 0.3) is 0 Å². The summed E-state index contributed by atoms with van der Waals surface area (Å²) in [6.45, 7) is 7.06. The maximum Gasteiger partial charge on any atom is 0.289 e. The van der Waals surface area contributed by atoms with Crippen LogP contribution in [0.4, 0.5) is 5.69 Å². The molecule has 34 heavy (non-hydrogen) atoms. The lowest BCUT2D eigenvalue weighted by molar-refractivity contribution is -0.387. The van der Waals surface area contributed by atoms with Crippen LogP contribution >= 0.6 is 0 Å². The van der Waals surface area contributed by atoms with Crippen molar-refractivity contribution in [3.05, 3.63) is 82.9 Å². The molecule has 0 aromatic heterocycles. The maximum absolute atomic E-state index is 13.9. The zero-order valence-corrected chi connectivity index (χ0v) is 20.1. The normalized spacial score (nSPS) is 29.5. The molecule has 2 bridgehead atoms. The van der Waals surface area contributed by atoms with E-state index in [9.17, 15) is 18.5 Å². The third kappa shape index (κ3) is 3.97. The molecular weight excluding hydrogens is 450 g/mol. The minimum absolute atomic E-state index is 0.107. The van der Waals surface area contributed by atoms with Gasteiger partial charge in [-0.2, -0.15) is 4.31 Å². The SMILES string of the molecule is C=CC[C@]12CN(Cc3ccccc3)C[C@H]3CC[C@H](C[C@H]31)N(S(=O)(=O)c1ccccc1[N+](=O)[O-])C2. The topological polar surface area (TPSA) is 83.8 Å². The first-order chi connectivity index (χ1) is 16.3. The summed E-state index contributed by atoms with van der Waals surface area (Å²) in [5.74, 6) is 0.970. The van der Waals surface area contributed by atoms with Gasteiger partial charge in [-0.05, 0) is 49.1 Å². The average Bonchev–Trinajstić information content (AvgIpc) is 2.83. The minimum atomic E-state index is -4.02. The Bertz CT molecular complexity index is 1190. The molecule has 3 fully saturated rings. The van der Waals surface area contributed by atoms with Gasteiger partial charge in [-0.1, -0.05) is 48.5 Å². The van der Waals surface area contributed by atoms with Crippen molar-refractivity contribution in [2.24, 2.45) is 17.3 Å². The highest BCUT2D eigenvalue weighted by Crippen LogP contribution is 2.54. The Morgan fingerprint density at radius 3 is 2.56 bits per heavy atom. The van der Waals surface area contributed by atoms with E-state index >= 15 is 0 Å². The molecule has 0 radical (unpaired) electrons. The second kappa shape index (κ2) is 8.91. The van der Waals surface area contributed by atoms with Crippen LogP contribution in [0.1, 0.15) is 31.2 Å². The van der Waals surface area contributed by atoms with Crippen LogP contribution in [0.15, 0.2) is 72.1 Å². The highest BCUT2D eigenvalue weighted by molar-refractivity contribution is 7.89. The number of allylic oxidation sites excluding steroid dienone is 1. The van der Waals surface area contributed by atoms with Gasteiger partial charge in [0.25, 0.3) is 5.69 Å². The fraction of sp³-hybridized carbons (Fsp3) is 0.462. The molecule has 2 heterocycles. The molecule has 1 saturated carbocycles. The molecule has 2 saturated heterocycles. The number of likely N-dealkylation sites (tertiary alicyclic amines) is 1. The molecule has 8 heteroatoms. The minimum Gasteiger partial charge on any atom is -0.298 e. The largest absolute Gasteiger partial charge is 0.298 e. The predicted molar refractivity (Wildman–Crippen MR) is 131 cm³/mol.